The number of carboxylic acid groups (broad SMARTS) is 1. The molecule has 1 aliphatic heterocycles. The first-order chi connectivity index (χ1) is 15.2. The van der Waals surface area contributed by atoms with Crippen LogP contribution in [0.3, 0.4) is 0 Å². The smallest absolute Gasteiger partial charge is 0.335 e. The molecule has 0 radical (unpaired) electrons. The fraction of sp³-hybridized carbons (Fsp3) is 0.125. The third-order valence-electron chi connectivity index (χ3n) is 5.26. The summed E-state index contributed by atoms with van der Waals surface area (Å²) in [6.07, 6.45) is 1.69. The number of imide groups is 1. The van der Waals surface area contributed by atoms with Crippen molar-refractivity contribution in [3.8, 4) is 5.69 Å². The molecule has 0 saturated carbocycles. The molecule has 0 bridgehead atoms. The lowest BCUT2D eigenvalue weighted by Crippen LogP contribution is -2.27. The summed E-state index contributed by atoms with van der Waals surface area (Å²) in [4.78, 5) is 37.8. The Morgan fingerprint density at radius 2 is 1.72 bits per heavy atom. The van der Waals surface area contributed by atoms with Gasteiger partial charge in [-0.25, -0.2) is 9.18 Å². The molecular weight excluding hydrogens is 431 g/mol. The van der Waals surface area contributed by atoms with Crippen molar-refractivity contribution in [1.82, 2.24) is 9.47 Å². The number of aromatic nitrogens is 1. The number of carbonyl (C=O) groups excluding carboxylic acids is 2. The molecule has 1 aliphatic rings. The maximum absolute atomic E-state index is 13.1. The van der Waals surface area contributed by atoms with Crippen LogP contribution in [0.2, 0.25) is 0 Å². The van der Waals surface area contributed by atoms with Gasteiger partial charge in [0.25, 0.3) is 11.1 Å². The van der Waals surface area contributed by atoms with Crippen molar-refractivity contribution < 1.29 is 23.9 Å². The molecule has 0 atom stereocenters. The van der Waals surface area contributed by atoms with Gasteiger partial charge in [-0.05, 0) is 85.3 Å². The summed E-state index contributed by atoms with van der Waals surface area (Å²) in [5.74, 6) is -1.76. The van der Waals surface area contributed by atoms with E-state index in [2.05, 4.69) is 0 Å². The second kappa shape index (κ2) is 8.47. The van der Waals surface area contributed by atoms with Crippen LogP contribution in [-0.2, 0) is 11.3 Å². The van der Waals surface area contributed by atoms with Gasteiger partial charge in [0.05, 0.1) is 17.0 Å². The van der Waals surface area contributed by atoms with E-state index in [0.29, 0.717) is 10.5 Å². The van der Waals surface area contributed by atoms with Gasteiger partial charge in [0.15, 0.2) is 0 Å². The highest BCUT2D eigenvalue weighted by atomic mass is 32.2. The average Bonchev–Trinajstić information content (AvgIpc) is 3.19. The van der Waals surface area contributed by atoms with Crippen molar-refractivity contribution in [2.45, 2.75) is 20.4 Å². The molecule has 1 aromatic heterocycles. The van der Waals surface area contributed by atoms with Crippen molar-refractivity contribution in [3.63, 3.8) is 0 Å². The fourth-order valence-corrected chi connectivity index (χ4v) is 4.46. The summed E-state index contributed by atoms with van der Waals surface area (Å²) in [6.45, 7) is 3.89. The minimum Gasteiger partial charge on any atom is -0.478 e. The van der Waals surface area contributed by atoms with Crippen LogP contribution in [-0.4, -0.2) is 31.7 Å². The Kier molecular flexibility index (Phi) is 5.71. The molecule has 4 rings (SSSR count). The van der Waals surface area contributed by atoms with Crippen LogP contribution in [0.5, 0.6) is 0 Å². The van der Waals surface area contributed by atoms with Gasteiger partial charge in [0, 0.05) is 17.1 Å². The fourth-order valence-electron chi connectivity index (χ4n) is 3.63. The van der Waals surface area contributed by atoms with E-state index >= 15 is 0 Å². The monoisotopic (exact) mass is 450 g/mol. The Labute approximate surface area is 188 Å². The number of amides is 2. The summed E-state index contributed by atoms with van der Waals surface area (Å²) in [6, 6.07) is 14.1. The number of hydrogen-bond acceptors (Lipinski definition) is 4. The van der Waals surface area contributed by atoms with Gasteiger partial charge in [-0.1, -0.05) is 12.1 Å². The van der Waals surface area contributed by atoms with E-state index in [0.717, 1.165) is 39.3 Å². The zero-order chi connectivity index (χ0) is 23.0. The minimum absolute atomic E-state index is 0.0806. The Morgan fingerprint density at radius 1 is 1.06 bits per heavy atom. The van der Waals surface area contributed by atoms with Gasteiger partial charge in [0.2, 0.25) is 0 Å². The Hall–Kier alpha value is -3.65. The van der Waals surface area contributed by atoms with Crippen molar-refractivity contribution in [2.24, 2.45) is 0 Å². The molecule has 32 heavy (non-hydrogen) atoms. The van der Waals surface area contributed by atoms with Crippen LogP contribution in [0.25, 0.3) is 11.8 Å². The largest absolute Gasteiger partial charge is 0.478 e. The third kappa shape index (κ3) is 4.09. The van der Waals surface area contributed by atoms with E-state index in [4.69, 9.17) is 5.11 Å². The van der Waals surface area contributed by atoms with Gasteiger partial charge in [0.1, 0.15) is 5.82 Å². The van der Waals surface area contributed by atoms with Gasteiger partial charge in [-0.3, -0.25) is 14.5 Å². The first kappa shape index (κ1) is 21.6. The summed E-state index contributed by atoms with van der Waals surface area (Å²) in [5.41, 5.74) is 4.22. The minimum atomic E-state index is -0.991. The number of aryl methyl sites for hydroxylation is 1. The molecule has 2 heterocycles. The first-order valence-corrected chi connectivity index (χ1v) is 10.6. The molecular formula is C24H19FN2O4S. The average molecular weight is 450 g/mol. The molecule has 162 valence electrons. The number of aromatic carboxylic acids is 1. The number of thioether (sulfide) groups is 1. The number of rotatable bonds is 5. The van der Waals surface area contributed by atoms with Gasteiger partial charge in [-0.15, -0.1) is 0 Å². The Morgan fingerprint density at radius 3 is 2.34 bits per heavy atom. The molecule has 2 aromatic carbocycles. The number of halogens is 1. The molecule has 8 heteroatoms. The number of hydrogen-bond donors (Lipinski definition) is 1. The number of nitrogens with zero attached hydrogens (tertiary/aromatic N) is 2. The second-order valence-electron chi connectivity index (χ2n) is 7.41. The molecule has 3 aromatic rings. The first-order valence-electron chi connectivity index (χ1n) is 9.77. The zero-order valence-corrected chi connectivity index (χ0v) is 18.1. The number of carbonyl (C=O) groups is 3. The molecule has 0 aliphatic carbocycles. The molecule has 0 spiro atoms. The molecule has 6 nitrogen and oxygen atoms in total. The zero-order valence-electron chi connectivity index (χ0n) is 17.3. The summed E-state index contributed by atoms with van der Waals surface area (Å²) in [5, 5.41) is 8.72. The van der Waals surface area contributed by atoms with Crippen molar-refractivity contribution in [1.29, 1.82) is 0 Å². The van der Waals surface area contributed by atoms with Gasteiger partial charge >= 0.3 is 5.97 Å². The van der Waals surface area contributed by atoms with E-state index in [1.807, 2.05) is 24.5 Å². The molecule has 2 amide bonds. The van der Waals surface area contributed by atoms with E-state index in [1.54, 1.807) is 30.3 Å². The number of carboxylic acids is 1. The predicted molar refractivity (Wildman–Crippen MR) is 120 cm³/mol. The van der Waals surface area contributed by atoms with Crippen molar-refractivity contribution in [3.05, 3.63) is 93.4 Å². The summed E-state index contributed by atoms with van der Waals surface area (Å²) < 4.78 is 15.1. The standard InChI is InChI=1S/C24H19FN2O4S/c1-14-11-18(15(2)27(14)20-9-5-17(6-10-20)23(29)30)12-21-22(28)26(24(31)32-21)13-16-3-7-19(25)8-4-16/h3-12H,13H2,1-2H3,(H,29,30). The lowest BCUT2D eigenvalue weighted by atomic mass is 10.2. The normalized spacial score (nSPS) is 15.1. The lowest BCUT2D eigenvalue weighted by Gasteiger charge is -2.12. The van der Waals surface area contributed by atoms with Crippen LogP contribution in [0.1, 0.15) is 32.9 Å². The molecule has 1 saturated heterocycles. The molecule has 1 N–H and O–H groups in total. The number of benzene rings is 2. The van der Waals surface area contributed by atoms with E-state index < -0.39 is 5.97 Å². The van der Waals surface area contributed by atoms with Crippen LogP contribution >= 0.6 is 11.8 Å². The SMILES string of the molecule is Cc1cc(C=C2SC(=O)N(Cc3ccc(F)cc3)C2=O)c(C)n1-c1ccc(C(=O)O)cc1. The quantitative estimate of drug-likeness (QED) is 0.543. The second-order valence-corrected chi connectivity index (χ2v) is 8.40. The maximum atomic E-state index is 13.1. The van der Waals surface area contributed by atoms with E-state index in [9.17, 15) is 18.8 Å². The van der Waals surface area contributed by atoms with E-state index in [1.165, 1.54) is 24.3 Å². The third-order valence-corrected chi connectivity index (χ3v) is 6.16. The van der Waals surface area contributed by atoms with Crippen LogP contribution in [0.15, 0.2) is 59.5 Å². The maximum Gasteiger partial charge on any atom is 0.335 e. The highest BCUT2D eigenvalue weighted by Crippen LogP contribution is 2.34. The van der Waals surface area contributed by atoms with E-state index in [-0.39, 0.29) is 29.1 Å². The summed E-state index contributed by atoms with van der Waals surface area (Å²) in [7, 11) is 0. The predicted octanol–water partition coefficient (Wildman–Crippen LogP) is 5.17. The van der Waals surface area contributed by atoms with Crippen molar-refractivity contribution >= 4 is 35.0 Å². The van der Waals surface area contributed by atoms with Crippen LogP contribution in [0.4, 0.5) is 9.18 Å². The Bertz CT molecular complexity index is 1260. The summed E-state index contributed by atoms with van der Waals surface area (Å²) >= 11 is 0.874. The highest BCUT2D eigenvalue weighted by molar-refractivity contribution is 8.18. The highest BCUT2D eigenvalue weighted by Gasteiger charge is 2.35. The molecule has 1 fully saturated rings. The lowest BCUT2D eigenvalue weighted by molar-refractivity contribution is -0.123. The molecule has 0 unspecified atom stereocenters. The topological polar surface area (TPSA) is 79.6 Å². The van der Waals surface area contributed by atoms with Crippen LogP contribution in [0, 0.1) is 19.7 Å². The Balaban J connectivity index is 1.61. The van der Waals surface area contributed by atoms with Gasteiger partial charge in [-0.2, -0.15) is 0 Å². The van der Waals surface area contributed by atoms with Crippen LogP contribution < -0.4 is 0 Å². The van der Waals surface area contributed by atoms with Crippen molar-refractivity contribution in [2.75, 3.05) is 0 Å². The van der Waals surface area contributed by atoms with Gasteiger partial charge < -0.3 is 9.67 Å².